The van der Waals surface area contributed by atoms with Gasteiger partial charge in [0, 0.05) is 16.8 Å². The van der Waals surface area contributed by atoms with E-state index in [9.17, 15) is 0 Å². The number of anilines is 3. The van der Waals surface area contributed by atoms with Crippen LogP contribution in [-0.2, 0) is 5.41 Å². The first-order valence-electron chi connectivity index (χ1n) is 23.8. The molecule has 0 amide bonds. The monoisotopic (exact) mass is 821 g/mol. The number of rotatable bonds is 7. The molecule has 1 nitrogen and oxygen atoms in total. The van der Waals surface area contributed by atoms with Crippen LogP contribution in [0.15, 0.2) is 200 Å². The molecule has 1 spiro atoms. The molecule has 9 aromatic carbocycles. The molecule has 1 heteroatoms. The largest absolute Gasteiger partial charge is 0.309 e. The average Bonchev–Trinajstić information content (AvgIpc) is 4.20. The molecule has 0 atom stereocenters. The molecule has 0 unspecified atom stereocenters. The van der Waals surface area contributed by atoms with Gasteiger partial charge in [0.05, 0.1) is 16.8 Å². The molecule has 308 valence electrons. The van der Waals surface area contributed by atoms with Crippen LogP contribution in [0.5, 0.6) is 0 Å². The molecule has 2 fully saturated rings. The summed E-state index contributed by atoms with van der Waals surface area (Å²) in [6.07, 6.45) is 10.5. The van der Waals surface area contributed by atoms with Crippen LogP contribution in [0.1, 0.15) is 96.6 Å². The molecule has 0 aromatic heterocycles. The van der Waals surface area contributed by atoms with Crippen LogP contribution in [0.2, 0.25) is 0 Å². The Hall–Kier alpha value is -6.96. The second-order valence-electron chi connectivity index (χ2n) is 18.9. The summed E-state index contributed by atoms with van der Waals surface area (Å²) in [5.74, 6) is 1.26. The van der Waals surface area contributed by atoms with Gasteiger partial charge in [0.15, 0.2) is 0 Å². The van der Waals surface area contributed by atoms with Crippen LogP contribution >= 0.6 is 0 Å². The van der Waals surface area contributed by atoms with Gasteiger partial charge in [-0.2, -0.15) is 0 Å². The lowest BCUT2D eigenvalue weighted by atomic mass is 9.69. The van der Waals surface area contributed by atoms with E-state index in [0.717, 1.165) is 11.4 Å². The van der Waals surface area contributed by atoms with E-state index in [2.05, 4.69) is 205 Å². The Balaban J connectivity index is 1.07. The minimum atomic E-state index is -0.432. The summed E-state index contributed by atoms with van der Waals surface area (Å²) in [7, 11) is 0. The quantitative estimate of drug-likeness (QED) is 0.155. The molecule has 0 aliphatic heterocycles. The van der Waals surface area contributed by atoms with E-state index < -0.39 is 5.41 Å². The number of nitrogens with zero attached hydrogens (tertiary/aromatic N) is 1. The van der Waals surface area contributed by atoms with Crippen molar-refractivity contribution in [2.75, 3.05) is 4.90 Å². The van der Waals surface area contributed by atoms with Gasteiger partial charge in [0.1, 0.15) is 0 Å². The Labute approximate surface area is 377 Å². The summed E-state index contributed by atoms with van der Waals surface area (Å²) in [5.41, 5.74) is 22.2. The molecule has 0 bridgehead atoms. The maximum absolute atomic E-state index is 2.66. The lowest BCUT2D eigenvalue weighted by molar-refractivity contribution is 0.710. The third-order valence-electron chi connectivity index (χ3n) is 15.6. The molecule has 0 N–H and O–H groups in total. The highest BCUT2D eigenvalue weighted by Gasteiger charge is 2.53. The number of benzene rings is 9. The minimum absolute atomic E-state index is 0.432. The maximum Gasteiger partial charge on any atom is 0.0726 e. The SMILES string of the molecule is c1ccc(-c2ccccc2N(c2ccc(-c3cccc4ccccc34)cc2)c2cccc3c2-c2ccccc2C32c3cc(C4CCCC4)ccc3-c3ccc(C4CCCC4)cc32)cc1. The van der Waals surface area contributed by atoms with Gasteiger partial charge in [-0.05, 0) is 139 Å². The highest BCUT2D eigenvalue weighted by molar-refractivity contribution is 6.03. The first kappa shape index (κ1) is 37.6. The van der Waals surface area contributed by atoms with Gasteiger partial charge >= 0.3 is 0 Å². The van der Waals surface area contributed by atoms with Gasteiger partial charge in [0.2, 0.25) is 0 Å². The van der Waals surface area contributed by atoms with Crippen molar-refractivity contribution in [3.05, 3.63) is 234 Å². The molecular formula is C63H51N. The van der Waals surface area contributed by atoms with Crippen LogP contribution in [-0.4, -0.2) is 0 Å². The van der Waals surface area contributed by atoms with E-state index in [0.29, 0.717) is 11.8 Å². The first-order chi connectivity index (χ1) is 31.8. The molecule has 4 aliphatic carbocycles. The third kappa shape index (κ3) is 5.69. The zero-order valence-corrected chi connectivity index (χ0v) is 36.3. The zero-order valence-electron chi connectivity index (χ0n) is 36.3. The van der Waals surface area contributed by atoms with E-state index in [1.165, 1.54) is 146 Å². The fraction of sp³-hybridized carbons (Fsp3) is 0.175. The van der Waals surface area contributed by atoms with Crippen LogP contribution < -0.4 is 4.90 Å². The summed E-state index contributed by atoms with van der Waals surface area (Å²) in [6.45, 7) is 0. The van der Waals surface area contributed by atoms with Crippen molar-refractivity contribution in [1.29, 1.82) is 0 Å². The Morgan fingerprint density at radius 2 is 0.891 bits per heavy atom. The molecule has 4 aliphatic rings. The summed E-state index contributed by atoms with van der Waals surface area (Å²) in [5, 5.41) is 2.53. The summed E-state index contributed by atoms with van der Waals surface area (Å²) in [4.78, 5) is 2.56. The molecule has 2 saturated carbocycles. The number of para-hydroxylation sites is 1. The van der Waals surface area contributed by atoms with Gasteiger partial charge in [-0.3, -0.25) is 0 Å². The summed E-state index contributed by atoms with van der Waals surface area (Å²) >= 11 is 0. The number of fused-ring (bicyclic) bond motifs is 11. The van der Waals surface area contributed by atoms with Gasteiger partial charge < -0.3 is 4.90 Å². The van der Waals surface area contributed by atoms with Gasteiger partial charge in [-0.15, -0.1) is 0 Å². The predicted octanol–water partition coefficient (Wildman–Crippen LogP) is 17.3. The normalized spacial score (nSPS) is 15.9. The number of hydrogen-bond donors (Lipinski definition) is 0. The average molecular weight is 822 g/mol. The van der Waals surface area contributed by atoms with Crippen molar-refractivity contribution in [2.24, 2.45) is 0 Å². The lowest BCUT2D eigenvalue weighted by Gasteiger charge is -2.33. The fourth-order valence-corrected chi connectivity index (χ4v) is 12.7. The van der Waals surface area contributed by atoms with E-state index in [4.69, 9.17) is 0 Å². The molecule has 0 heterocycles. The van der Waals surface area contributed by atoms with Crippen molar-refractivity contribution in [1.82, 2.24) is 0 Å². The van der Waals surface area contributed by atoms with Gasteiger partial charge in [0.25, 0.3) is 0 Å². The zero-order chi connectivity index (χ0) is 42.2. The Bertz CT molecular complexity index is 3160. The molecule has 64 heavy (non-hydrogen) atoms. The predicted molar refractivity (Wildman–Crippen MR) is 268 cm³/mol. The molecule has 0 saturated heterocycles. The van der Waals surface area contributed by atoms with E-state index in [-0.39, 0.29) is 0 Å². The maximum atomic E-state index is 2.66. The fourth-order valence-electron chi connectivity index (χ4n) is 12.7. The molecule has 13 rings (SSSR count). The first-order valence-corrected chi connectivity index (χ1v) is 23.8. The summed E-state index contributed by atoms with van der Waals surface area (Å²) < 4.78 is 0. The van der Waals surface area contributed by atoms with Gasteiger partial charge in [-0.25, -0.2) is 0 Å². The van der Waals surface area contributed by atoms with Crippen molar-refractivity contribution < 1.29 is 0 Å². The molecule has 9 aromatic rings. The third-order valence-corrected chi connectivity index (χ3v) is 15.6. The van der Waals surface area contributed by atoms with Crippen LogP contribution in [0.4, 0.5) is 17.1 Å². The molecular weight excluding hydrogens is 771 g/mol. The summed E-state index contributed by atoms with van der Waals surface area (Å²) in [6, 6.07) is 76.6. The molecule has 0 radical (unpaired) electrons. The van der Waals surface area contributed by atoms with Crippen molar-refractivity contribution in [3.8, 4) is 44.5 Å². The smallest absolute Gasteiger partial charge is 0.0726 e. The standard InChI is InChI=1S/C63H51N/c1-2-20-45(21-3-1)52-25-11-13-30-60(52)64(49-36-32-46(33-37-49)51-27-14-23-44-22-8-9-24-50(44)51)61-31-15-29-57-62(61)55-26-10-12-28-56(55)63(57)58-40-47(42-16-4-5-17-42)34-38-53(58)54-39-35-48(41-59(54)63)43-18-6-7-19-43/h1-3,8-15,20-43H,4-7,16-19H2. The van der Waals surface area contributed by atoms with E-state index in [1.807, 2.05) is 0 Å². The second-order valence-corrected chi connectivity index (χ2v) is 18.9. The Kier molecular flexibility index (Phi) is 8.87. The van der Waals surface area contributed by atoms with Crippen molar-refractivity contribution in [3.63, 3.8) is 0 Å². The second kappa shape index (κ2) is 15.1. The van der Waals surface area contributed by atoms with Crippen LogP contribution in [0, 0.1) is 0 Å². The number of hydrogen-bond acceptors (Lipinski definition) is 1. The Morgan fingerprint density at radius 1 is 0.359 bits per heavy atom. The van der Waals surface area contributed by atoms with Crippen molar-refractivity contribution in [2.45, 2.75) is 68.6 Å². The highest BCUT2D eigenvalue weighted by atomic mass is 15.1. The topological polar surface area (TPSA) is 3.24 Å². The van der Waals surface area contributed by atoms with Crippen LogP contribution in [0.25, 0.3) is 55.3 Å². The van der Waals surface area contributed by atoms with E-state index in [1.54, 1.807) is 0 Å². The van der Waals surface area contributed by atoms with E-state index >= 15 is 0 Å². The minimum Gasteiger partial charge on any atom is -0.309 e. The highest BCUT2D eigenvalue weighted by Crippen LogP contribution is 2.65. The lowest BCUT2D eigenvalue weighted by Crippen LogP contribution is -2.26. The van der Waals surface area contributed by atoms with Crippen molar-refractivity contribution >= 4 is 27.8 Å². The van der Waals surface area contributed by atoms with Crippen LogP contribution in [0.3, 0.4) is 0 Å². The Morgan fingerprint density at radius 3 is 1.61 bits per heavy atom. The van der Waals surface area contributed by atoms with Gasteiger partial charge in [-0.1, -0.05) is 202 Å².